The quantitative estimate of drug-likeness (QED) is 0.829. The van der Waals surface area contributed by atoms with Crippen LogP contribution in [0.1, 0.15) is 49.4 Å². The normalized spacial score (nSPS) is 26.3. The van der Waals surface area contributed by atoms with E-state index in [2.05, 4.69) is 10.6 Å². The Morgan fingerprint density at radius 2 is 1.92 bits per heavy atom. The van der Waals surface area contributed by atoms with Crippen molar-refractivity contribution in [3.05, 3.63) is 34.9 Å². The first-order valence-corrected chi connectivity index (χ1v) is 9.92. The Morgan fingerprint density at radius 1 is 1.23 bits per heavy atom. The molecule has 1 saturated heterocycles. The first-order valence-electron chi connectivity index (χ1n) is 9.54. The molecular formula is C20H28ClN3O2. The van der Waals surface area contributed by atoms with Gasteiger partial charge in [-0.2, -0.15) is 0 Å². The number of likely N-dealkylation sites (tertiary alicyclic amines) is 1. The first kappa shape index (κ1) is 19.2. The van der Waals surface area contributed by atoms with E-state index in [4.69, 9.17) is 11.6 Å². The molecule has 2 fully saturated rings. The molecule has 5 nitrogen and oxygen atoms in total. The Labute approximate surface area is 160 Å². The SMILES string of the molecule is CNC(C)CNC(=O)C1CC2CCCCC2N1C(=O)c1ccc(Cl)cc1. The van der Waals surface area contributed by atoms with Crippen LogP contribution in [0.15, 0.2) is 24.3 Å². The van der Waals surface area contributed by atoms with E-state index in [1.165, 1.54) is 6.42 Å². The van der Waals surface area contributed by atoms with Gasteiger partial charge in [-0.25, -0.2) is 0 Å². The van der Waals surface area contributed by atoms with Gasteiger partial charge in [-0.3, -0.25) is 9.59 Å². The van der Waals surface area contributed by atoms with Crippen LogP contribution in [0.4, 0.5) is 0 Å². The van der Waals surface area contributed by atoms with Gasteiger partial charge >= 0.3 is 0 Å². The predicted molar refractivity (Wildman–Crippen MR) is 103 cm³/mol. The van der Waals surface area contributed by atoms with Crippen molar-refractivity contribution in [1.29, 1.82) is 0 Å². The maximum atomic E-state index is 13.2. The molecule has 1 aromatic rings. The molecule has 2 N–H and O–H groups in total. The fourth-order valence-electron chi connectivity index (χ4n) is 4.20. The van der Waals surface area contributed by atoms with Crippen LogP contribution in [0, 0.1) is 5.92 Å². The summed E-state index contributed by atoms with van der Waals surface area (Å²) in [5.41, 5.74) is 0.599. The summed E-state index contributed by atoms with van der Waals surface area (Å²) in [4.78, 5) is 27.9. The summed E-state index contributed by atoms with van der Waals surface area (Å²) in [6.07, 6.45) is 5.17. The molecule has 26 heavy (non-hydrogen) atoms. The fourth-order valence-corrected chi connectivity index (χ4v) is 4.33. The van der Waals surface area contributed by atoms with Crippen LogP contribution in [0.2, 0.25) is 5.02 Å². The number of carbonyl (C=O) groups is 2. The highest BCUT2D eigenvalue weighted by molar-refractivity contribution is 6.30. The lowest BCUT2D eigenvalue weighted by Crippen LogP contribution is -2.51. The van der Waals surface area contributed by atoms with Gasteiger partial charge in [0.25, 0.3) is 5.91 Å². The number of hydrogen-bond acceptors (Lipinski definition) is 3. The average molecular weight is 378 g/mol. The maximum absolute atomic E-state index is 13.2. The Hall–Kier alpha value is -1.59. The second kappa shape index (κ2) is 8.40. The van der Waals surface area contributed by atoms with Crippen LogP contribution in [-0.4, -0.2) is 48.4 Å². The van der Waals surface area contributed by atoms with Crippen LogP contribution in [0.5, 0.6) is 0 Å². The number of nitrogens with zero attached hydrogens (tertiary/aromatic N) is 1. The number of fused-ring (bicyclic) bond motifs is 1. The van der Waals surface area contributed by atoms with Crippen LogP contribution in [0.3, 0.4) is 0 Å². The Kier molecular flexibility index (Phi) is 6.20. The fraction of sp³-hybridized carbons (Fsp3) is 0.600. The molecule has 2 amide bonds. The minimum Gasteiger partial charge on any atom is -0.353 e. The second-order valence-corrected chi connectivity index (χ2v) is 7.95. The average Bonchev–Trinajstić information content (AvgIpc) is 3.05. The van der Waals surface area contributed by atoms with Crippen molar-refractivity contribution in [2.24, 2.45) is 5.92 Å². The third-order valence-electron chi connectivity index (χ3n) is 5.79. The van der Waals surface area contributed by atoms with Gasteiger partial charge in [-0.05, 0) is 63.4 Å². The van der Waals surface area contributed by atoms with E-state index in [1.54, 1.807) is 24.3 Å². The van der Waals surface area contributed by atoms with Crippen molar-refractivity contribution in [3.8, 4) is 0 Å². The Balaban J connectivity index is 1.80. The van der Waals surface area contributed by atoms with Gasteiger partial charge in [-0.15, -0.1) is 0 Å². The highest BCUT2D eigenvalue weighted by Crippen LogP contribution is 2.40. The lowest BCUT2D eigenvalue weighted by atomic mass is 9.84. The summed E-state index contributed by atoms with van der Waals surface area (Å²) in [5.74, 6) is 0.333. The Morgan fingerprint density at radius 3 is 2.62 bits per heavy atom. The highest BCUT2D eigenvalue weighted by Gasteiger charge is 2.47. The molecule has 1 aliphatic carbocycles. The van der Waals surface area contributed by atoms with Gasteiger partial charge in [0, 0.05) is 29.2 Å². The minimum atomic E-state index is -0.379. The van der Waals surface area contributed by atoms with E-state index in [9.17, 15) is 9.59 Å². The largest absolute Gasteiger partial charge is 0.353 e. The first-order chi connectivity index (χ1) is 12.5. The number of rotatable bonds is 5. The van der Waals surface area contributed by atoms with Crippen molar-refractivity contribution in [2.45, 2.75) is 57.2 Å². The van der Waals surface area contributed by atoms with Crippen LogP contribution < -0.4 is 10.6 Å². The van der Waals surface area contributed by atoms with Gasteiger partial charge < -0.3 is 15.5 Å². The number of likely N-dealkylation sites (N-methyl/N-ethyl adjacent to an activating group) is 1. The van der Waals surface area contributed by atoms with Crippen molar-refractivity contribution < 1.29 is 9.59 Å². The summed E-state index contributed by atoms with van der Waals surface area (Å²) in [6.45, 7) is 2.58. The molecule has 4 unspecified atom stereocenters. The third kappa shape index (κ3) is 4.04. The zero-order valence-electron chi connectivity index (χ0n) is 15.5. The molecule has 1 saturated carbocycles. The molecule has 0 radical (unpaired) electrons. The van der Waals surface area contributed by atoms with E-state index in [1.807, 2.05) is 18.9 Å². The predicted octanol–water partition coefficient (Wildman–Crippen LogP) is 2.84. The molecule has 1 heterocycles. The molecule has 0 spiro atoms. The van der Waals surface area contributed by atoms with Gasteiger partial charge in [0.2, 0.25) is 5.91 Å². The number of benzene rings is 1. The van der Waals surface area contributed by atoms with E-state index in [0.29, 0.717) is 23.0 Å². The lowest BCUT2D eigenvalue weighted by Gasteiger charge is -2.33. The van der Waals surface area contributed by atoms with Crippen LogP contribution in [0.25, 0.3) is 0 Å². The Bertz CT molecular complexity index is 649. The van der Waals surface area contributed by atoms with E-state index >= 15 is 0 Å². The van der Waals surface area contributed by atoms with Crippen molar-refractivity contribution in [1.82, 2.24) is 15.5 Å². The van der Waals surface area contributed by atoms with E-state index < -0.39 is 0 Å². The van der Waals surface area contributed by atoms with Gasteiger partial charge in [0.05, 0.1) is 0 Å². The summed E-state index contributed by atoms with van der Waals surface area (Å²) in [7, 11) is 1.87. The van der Waals surface area contributed by atoms with E-state index in [0.717, 1.165) is 25.7 Å². The molecule has 142 valence electrons. The molecular weight excluding hydrogens is 350 g/mol. The summed E-state index contributed by atoms with van der Waals surface area (Å²) in [6, 6.07) is 6.94. The smallest absolute Gasteiger partial charge is 0.254 e. The highest BCUT2D eigenvalue weighted by atomic mass is 35.5. The summed E-state index contributed by atoms with van der Waals surface area (Å²) >= 11 is 5.96. The van der Waals surface area contributed by atoms with Gasteiger partial charge in [-0.1, -0.05) is 24.4 Å². The molecule has 0 aromatic heterocycles. The third-order valence-corrected chi connectivity index (χ3v) is 6.04. The zero-order chi connectivity index (χ0) is 18.7. The molecule has 1 aliphatic heterocycles. The monoisotopic (exact) mass is 377 g/mol. The maximum Gasteiger partial charge on any atom is 0.254 e. The summed E-state index contributed by atoms with van der Waals surface area (Å²) in [5, 5.41) is 6.74. The number of hydrogen-bond donors (Lipinski definition) is 2. The van der Waals surface area contributed by atoms with Crippen LogP contribution in [-0.2, 0) is 4.79 Å². The minimum absolute atomic E-state index is 0.0381. The van der Waals surface area contributed by atoms with Gasteiger partial charge in [0.15, 0.2) is 0 Å². The van der Waals surface area contributed by atoms with Crippen LogP contribution >= 0.6 is 11.6 Å². The molecule has 3 rings (SSSR count). The number of halogens is 1. The standard InChI is InChI=1S/C20H28ClN3O2/c1-13(22-2)12-23-19(25)18-11-15-5-3-4-6-17(15)24(18)20(26)14-7-9-16(21)10-8-14/h7-10,13,15,17-18,22H,3-6,11-12H2,1-2H3,(H,23,25). The van der Waals surface area contributed by atoms with Crippen molar-refractivity contribution >= 4 is 23.4 Å². The van der Waals surface area contributed by atoms with Gasteiger partial charge in [0.1, 0.15) is 6.04 Å². The molecule has 0 bridgehead atoms. The molecule has 6 heteroatoms. The topological polar surface area (TPSA) is 61.4 Å². The van der Waals surface area contributed by atoms with E-state index in [-0.39, 0.29) is 29.9 Å². The summed E-state index contributed by atoms with van der Waals surface area (Å²) < 4.78 is 0. The second-order valence-electron chi connectivity index (χ2n) is 7.52. The molecule has 1 aromatic carbocycles. The zero-order valence-corrected chi connectivity index (χ0v) is 16.3. The van der Waals surface area contributed by atoms with Crippen molar-refractivity contribution in [2.75, 3.05) is 13.6 Å². The lowest BCUT2D eigenvalue weighted by molar-refractivity contribution is -0.125. The van der Waals surface area contributed by atoms with Crippen molar-refractivity contribution in [3.63, 3.8) is 0 Å². The molecule has 2 aliphatic rings. The number of carbonyl (C=O) groups excluding carboxylic acids is 2. The molecule has 4 atom stereocenters. The number of amides is 2. The number of nitrogens with one attached hydrogen (secondary N) is 2.